The molecule has 180 valence electrons. The highest BCUT2D eigenvalue weighted by atomic mass is 16.5. The van der Waals surface area contributed by atoms with Gasteiger partial charge in [-0.15, -0.1) is 0 Å². The number of Topliss-reactive ketones (excluding diaryl/α,β-unsaturated/α-hetero) is 1. The smallest absolute Gasteiger partial charge is 0.300 e. The van der Waals surface area contributed by atoms with Gasteiger partial charge in [-0.2, -0.15) is 0 Å². The molecule has 1 amide bonds. The van der Waals surface area contributed by atoms with Crippen molar-refractivity contribution in [3.05, 3.63) is 83.4 Å². The molecule has 1 aliphatic heterocycles. The second kappa shape index (κ2) is 9.80. The highest BCUT2D eigenvalue weighted by Gasteiger charge is 2.47. The summed E-state index contributed by atoms with van der Waals surface area (Å²) in [6.45, 7) is 2.35. The first-order valence-corrected chi connectivity index (χ1v) is 10.9. The number of nitrogens with zero attached hydrogens (tertiary/aromatic N) is 1. The Morgan fingerprint density at radius 3 is 2.17 bits per heavy atom. The average molecular weight is 475 g/mol. The number of phenols is 1. The van der Waals surface area contributed by atoms with Crippen LogP contribution in [0, 0.1) is 0 Å². The summed E-state index contributed by atoms with van der Waals surface area (Å²) in [6, 6.07) is 16.8. The minimum atomic E-state index is -0.968. The van der Waals surface area contributed by atoms with Crippen LogP contribution in [0.15, 0.2) is 72.3 Å². The summed E-state index contributed by atoms with van der Waals surface area (Å²) in [7, 11) is 2.93. The van der Waals surface area contributed by atoms with Crippen molar-refractivity contribution in [1.29, 1.82) is 0 Å². The predicted octanol–water partition coefficient (Wildman–Crippen LogP) is 4.43. The number of rotatable bonds is 7. The topological polar surface area (TPSA) is 106 Å². The van der Waals surface area contributed by atoms with Crippen LogP contribution in [0.3, 0.4) is 0 Å². The molecule has 0 aliphatic carbocycles. The molecule has 1 heterocycles. The van der Waals surface area contributed by atoms with Crippen molar-refractivity contribution in [2.45, 2.75) is 13.0 Å². The quantitative estimate of drug-likeness (QED) is 0.296. The van der Waals surface area contributed by atoms with Crippen LogP contribution in [0.25, 0.3) is 5.76 Å². The zero-order chi connectivity index (χ0) is 25.1. The fourth-order valence-corrected chi connectivity index (χ4v) is 4.05. The largest absolute Gasteiger partial charge is 0.507 e. The molecule has 35 heavy (non-hydrogen) atoms. The monoisotopic (exact) mass is 475 g/mol. The summed E-state index contributed by atoms with van der Waals surface area (Å²) in [5, 5.41) is 21.3. The Labute approximate surface area is 202 Å². The van der Waals surface area contributed by atoms with Crippen molar-refractivity contribution in [3.8, 4) is 23.0 Å². The Morgan fingerprint density at radius 1 is 0.914 bits per heavy atom. The van der Waals surface area contributed by atoms with E-state index in [-0.39, 0.29) is 22.8 Å². The van der Waals surface area contributed by atoms with Gasteiger partial charge in [0.25, 0.3) is 11.7 Å². The van der Waals surface area contributed by atoms with E-state index < -0.39 is 17.7 Å². The Kier molecular flexibility index (Phi) is 6.64. The zero-order valence-corrected chi connectivity index (χ0v) is 19.5. The lowest BCUT2D eigenvalue weighted by molar-refractivity contribution is -0.132. The molecule has 1 atom stereocenters. The van der Waals surface area contributed by atoms with E-state index in [1.54, 1.807) is 54.6 Å². The SMILES string of the molecule is CCOc1ccc(/C(O)=C2\C(=O)C(=O)N(c3ccc(OC)cc3)C2c2ccc(O)c(OC)c2)cc1. The highest BCUT2D eigenvalue weighted by molar-refractivity contribution is 6.51. The first kappa shape index (κ1) is 23.7. The second-order valence-electron chi connectivity index (χ2n) is 7.76. The Morgan fingerprint density at radius 2 is 1.57 bits per heavy atom. The average Bonchev–Trinajstić information content (AvgIpc) is 3.15. The van der Waals surface area contributed by atoms with Crippen LogP contribution in [0.2, 0.25) is 0 Å². The number of phenolic OH excluding ortho intramolecular Hbond substituents is 1. The van der Waals surface area contributed by atoms with Crippen LogP contribution in [-0.2, 0) is 9.59 Å². The number of methoxy groups -OCH3 is 2. The molecule has 0 bridgehead atoms. The first-order chi connectivity index (χ1) is 16.9. The number of benzene rings is 3. The number of aliphatic hydroxyl groups excluding tert-OH is 1. The maximum absolute atomic E-state index is 13.3. The first-order valence-electron chi connectivity index (χ1n) is 10.9. The van der Waals surface area contributed by atoms with E-state index in [0.29, 0.717) is 34.9 Å². The molecule has 4 rings (SSSR count). The van der Waals surface area contributed by atoms with E-state index in [1.165, 1.54) is 31.3 Å². The number of ether oxygens (including phenoxy) is 3. The van der Waals surface area contributed by atoms with Crippen molar-refractivity contribution in [3.63, 3.8) is 0 Å². The molecule has 0 aromatic heterocycles. The van der Waals surface area contributed by atoms with Gasteiger partial charge in [0.2, 0.25) is 0 Å². The summed E-state index contributed by atoms with van der Waals surface area (Å²) >= 11 is 0. The lowest BCUT2D eigenvalue weighted by Gasteiger charge is -2.26. The molecule has 3 aromatic carbocycles. The minimum absolute atomic E-state index is 0.0808. The summed E-state index contributed by atoms with van der Waals surface area (Å²) in [6.07, 6.45) is 0. The number of amides is 1. The molecule has 1 saturated heterocycles. The lowest BCUT2D eigenvalue weighted by Crippen LogP contribution is -2.29. The molecule has 0 saturated carbocycles. The van der Waals surface area contributed by atoms with Gasteiger partial charge in [-0.25, -0.2) is 0 Å². The van der Waals surface area contributed by atoms with Crippen molar-refractivity contribution in [1.82, 2.24) is 0 Å². The number of hydrogen-bond donors (Lipinski definition) is 2. The molecule has 1 unspecified atom stereocenters. The Bertz CT molecular complexity index is 1280. The van der Waals surface area contributed by atoms with E-state index in [9.17, 15) is 19.8 Å². The molecule has 1 fully saturated rings. The van der Waals surface area contributed by atoms with Crippen molar-refractivity contribution in [2.75, 3.05) is 25.7 Å². The standard InChI is InChI=1S/C27H25NO7/c1-4-35-20-10-5-16(6-11-20)25(30)23-24(17-7-14-21(29)22(15-17)34-3)28(27(32)26(23)31)18-8-12-19(33-2)13-9-18/h5-15,24,29-30H,4H2,1-3H3/b25-23+. The third-order valence-electron chi connectivity index (χ3n) is 5.75. The van der Waals surface area contributed by atoms with E-state index >= 15 is 0 Å². The summed E-state index contributed by atoms with van der Waals surface area (Å²) in [4.78, 5) is 27.8. The van der Waals surface area contributed by atoms with Gasteiger partial charge in [0.05, 0.1) is 32.4 Å². The van der Waals surface area contributed by atoms with Crippen LogP contribution < -0.4 is 19.1 Å². The van der Waals surface area contributed by atoms with Gasteiger partial charge in [-0.05, 0) is 73.2 Å². The van der Waals surface area contributed by atoms with Gasteiger partial charge < -0.3 is 24.4 Å². The molecule has 8 heteroatoms. The van der Waals surface area contributed by atoms with Gasteiger partial charge in [-0.3, -0.25) is 14.5 Å². The van der Waals surface area contributed by atoms with Gasteiger partial charge in [0.15, 0.2) is 11.5 Å². The Hall–Kier alpha value is -4.46. The minimum Gasteiger partial charge on any atom is -0.507 e. The van der Waals surface area contributed by atoms with Crippen molar-refractivity contribution in [2.24, 2.45) is 0 Å². The summed E-state index contributed by atoms with van der Waals surface area (Å²) in [5.74, 6) is -0.665. The fourth-order valence-electron chi connectivity index (χ4n) is 4.05. The molecule has 8 nitrogen and oxygen atoms in total. The molecule has 3 aromatic rings. The molecule has 0 radical (unpaired) electrons. The molecular formula is C27H25NO7. The van der Waals surface area contributed by atoms with Gasteiger partial charge in [0, 0.05) is 11.3 Å². The van der Waals surface area contributed by atoms with Crippen LogP contribution in [0.5, 0.6) is 23.0 Å². The molecule has 2 N–H and O–H groups in total. The molecule has 1 aliphatic rings. The number of aliphatic hydroxyl groups is 1. The number of anilines is 1. The number of carbonyl (C=O) groups is 2. The number of hydrogen-bond acceptors (Lipinski definition) is 7. The Balaban J connectivity index is 1.90. The van der Waals surface area contributed by atoms with Crippen LogP contribution in [-0.4, -0.2) is 42.7 Å². The normalized spacial score (nSPS) is 16.9. The van der Waals surface area contributed by atoms with E-state index in [4.69, 9.17) is 14.2 Å². The predicted molar refractivity (Wildman–Crippen MR) is 130 cm³/mol. The van der Waals surface area contributed by atoms with Crippen LogP contribution in [0.1, 0.15) is 24.1 Å². The van der Waals surface area contributed by atoms with E-state index in [1.807, 2.05) is 6.92 Å². The van der Waals surface area contributed by atoms with Crippen LogP contribution in [0.4, 0.5) is 5.69 Å². The van der Waals surface area contributed by atoms with Gasteiger partial charge in [-0.1, -0.05) is 6.07 Å². The van der Waals surface area contributed by atoms with Gasteiger partial charge >= 0.3 is 0 Å². The van der Waals surface area contributed by atoms with Crippen LogP contribution >= 0.6 is 0 Å². The van der Waals surface area contributed by atoms with E-state index in [2.05, 4.69) is 0 Å². The molecule has 0 spiro atoms. The third kappa shape index (κ3) is 4.38. The second-order valence-corrected chi connectivity index (χ2v) is 7.76. The van der Waals surface area contributed by atoms with Crippen molar-refractivity contribution >= 4 is 23.1 Å². The zero-order valence-electron chi connectivity index (χ0n) is 19.5. The third-order valence-corrected chi connectivity index (χ3v) is 5.75. The van der Waals surface area contributed by atoms with Gasteiger partial charge in [0.1, 0.15) is 17.3 Å². The van der Waals surface area contributed by atoms with E-state index in [0.717, 1.165) is 0 Å². The highest BCUT2D eigenvalue weighted by Crippen LogP contribution is 2.44. The summed E-state index contributed by atoms with van der Waals surface area (Å²) in [5.41, 5.74) is 1.19. The number of aromatic hydroxyl groups is 1. The lowest BCUT2D eigenvalue weighted by atomic mass is 9.94. The maximum Gasteiger partial charge on any atom is 0.300 e. The summed E-state index contributed by atoms with van der Waals surface area (Å²) < 4.78 is 15.9. The molecular weight excluding hydrogens is 450 g/mol. The fraction of sp³-hybridized carbons (Fsp3) is 0.185. The van der Waals surface area contributed by atoms with Crippen molar-refractivity contribution < 1.29 is 34.0 Å². The number of ketones is 1. The maximum atomic E-state index is 13.3. The number of carbonyl (C=O) groups excluding carboxylic acids is 2.